The molecule has 0 bridgehead atoms. The number of nitrogens with zero attached hydrogens (tertiary/aromatic N) is 2. The van der Waals surface area contributed by atoms with Crippen LogP contribution in [0.15, 0.2) is 77.6 Å². The van der Waals surface area contributed by atoms with Crippen LogP contribution in [0, 0.1) is 19.7 Å². The summed E-state index contributed by atoms with van der Waals surface area (Å²) in [4.78, 5) is 13.7. The van der Waals surface area contributed by atoms with E-state index in [9.17, 15) is 9.18 Å². The summed E-state index contributed by atoms with van der Waals surface area (Å²) in [5, 5.41) is 4.65. The first-order valence-corrected chi connectivity index (χ1v) is 10.7. The van der Waals surface area contributed by atoms with Crippen molar-refractivity contribution in [2.24, 2.45) is 0 Å². The Hall–Kier alpha value is -3.99. The molecule has 0 radical (unpaired) electrons. The van der Waals surface area contributed by atoms with Gasteiger partial charge in [-0.25, -0.2) is 9.07 Å². The van der Waals surface area contributed by atoms with Crippen molar-refractivity contribution in [2.75, 3.05) is 7.11 Å². The average molecular weight is 441 g/mol. The molecule has 4 nitrogen and oxygen atoms in total. The van der Waals surface area contributed by atoms with Gasteiger partial charge in [-0.2, -0.15) is 5.10 Å². The highest BCUT2D eigenvalue weighted by atomic mass is 19.1. The van der Waals surface area contributed by atoms with Gasteiger partial charge in [-0.3, -0.25) is 4.79 Å². The molecule has 0 saturated carbocycles. The van der Waals surface area contributed by atoms with E-state index >= 15 is 0 Å². The first-order chi connectivity index (χ1) is 16.0. The number of hydrogen-bond acceptors (Lipinski definition) is 3. The minimum Gasteiger partial charge on any atom is -0.496 e. The summed E-state index contributed by atoms with van der Waals surface area (Å²) in [6.45, 7) is 4.26. The maximum absolute atomic E-state index is 13.7. The zero-order chi connectivity index (χ0) is 23.4. The molecule has 1 heterocycles. The predicted molar refractivity (Wildman–Crippen MR) is 131 cm³/mol. The number of methoxy groups -OCH3 is 1. The molecule has 0 aliphatic carbocycles. The second-order valence-electron chi connectivity index (χ2n) is 7.85. The Labute approximate surface area is 192 Å². The molecule has 0 amide bonds. The first-order valence-electron chi connectivity index (χ1n) is 10.7. The highest BCUT2D eigenvalue weighted by Gasteiger charge is 2.18. The van der Waals surface area contributed by atoms with Crippen LogP contribution in [0.25, 0.3) is 23.3 Å². The average Bonchev–Trinajstić information content (AvgIpc) is 2.81. The molecule has 0 N–H and O–H groups in total. The van der Waals surface area contributed by atoms with Crippen LogP contribution in [0.5, 0.6) is 5.75 Å². The van der Waals surface area contributed by atoms with Crippen LogP contribution in [0.4, 0.5) is 4.39 Å². The van der Waals surface area contributed by atoms with Crippen molar-refractivity contribution in [1.29, 1.82) is 0 Å². The molecule has 0 aliphatic heterocycles. The van der Waals surface area contributed by atoms with E-state index in [1.807, 2.05) is 62.4 Å². The van der Waals surface area contributed by atoms with E-state index < -0.39 is 0 Å². The molecule has 0 atom stereocenters. The maximum atomic E-state index is 13.7. The van der Waals surface area contributed by atoms with Gasteiger partial charge in [0.05, 0.1) is 24.9 Å². The summed E-state index contributed by atoms with van der Waals surface area (Å²) in [5.41, 5.74) is 5.22. The van der Waals surface area contributed by atoms with Gasteiger partial charge in [-0.05, 0) is 54.8 Å². The lowest BCUT2D eigenvalue weighted by Gasteiger charge is -2.16. The highest BCUT2D eigenvalue weighted by molar-refractivity contribution is 5.84. The lowest BCUT2D eigenvalue weighted by Crippen LogP contribution is -2.27. The van der Waals surface area contributed by atoms with Gasteiger partial charge in [-0.15, -0.1) is 0 Å². The Morgan fingerprint density at radius 3 is 2.48 bits per heavy atom. The zero-order valence-electron chi connectivity index (χ0n) is 18.9. The summed E-state index contributed by atoms with van der Waals surface area (Å²) in [7, 11) is 1.60. The van der Waals surface area contributed by atoms with Gasteiger partial charge in [0.25, 0.3) is 5.56 Å². The third-order valence-electron chi connectivity index (χ3n) is 5.62. The molecule has 1 aromatic heterocycles. The van der Waals surface area contributed by atoms with Crippen molar-refractivity contribution >= 4 is 12.2 Å². The molecule has 4 rings (SSSR count). The Bertz CT molecular complexity index is 1390. The smallest absolute Gasteiger partial charge is 0.274 e. The van der Waals surface area contributed by atoms with E-state index in [2.05, 4.69) is 5.10 Å². The number of aromatic nitrogens is 2. The third-order valence-corrected chi connectivity index (χ3v) is 5.62. The standard InChI is InChI=1S/C28H25FN2O2/c1-19-9-4-5-11-22(19)18-31-28(32)25(16-15-21-10-8-12-23(29)17-21)27(20(2)30-31)24-13-6-7-14-26(24)33-3/h4-17H,18H2,1-3H3/b16-15+. The molecule has 4 aromatic rings. The lowest BCUT2D eigenvalue weighted by atomic mass is 9.97. The van der Waals surface area contributed by atoms with Crippen LogP contribution in [-0.2, 0) is 6.54 Å². The van der Waals surface area contributed by atoms with Gasteiger partial charge in [-0.1, -0.05) is 60.7 Å². The number of rotatable bonds is 6. The summed E-state index contributed by atoms with van der Waals surface area (Å²) < 4.78 is 20.7. The minimum absolute atomic E-state index is 0.225. The molecule has 0 saturated heterocycles. The second-order valence-corrected chi connectivity index (χ2v) is 7.85. The largest absolute Gasteiger partial charge is 0.496 e. The molecule has 5 heteroatoms. The number of para-hydroxylation sites is 1. The molecule has 33 heavy (non-hydrogen) atoms. The first kappa shape index (κ1) is 22.2. The Morgan fingerprint density at radius 2 is 1.73 bits per heavy atom. The van der Waals surface area contributed by atoms with E-state index in [0.717, 1.165) is 16.7 Å². The SMILES string of the molecule is COc1ccccc1-c1c(C)nn(Cc2ccccc2C)c(=O)c1/C=C/c1cccc(F)c1. The topological polar surface area (TPSA) is 44.1 Å². The van der Waals surface area contributed by atoms with Gasteiger partial charge in [0.15, 0.2) is 0 Å². The summed E-state index contributed by atoms with van der Waals surface area (Å²) in [6.07, 6.45) is 3.48. The van der Waals surface area contributed by atoms with Crippen molar-refractivity contribution in [1.82, 2.24) is 9.78 Å². The normalized spacial score (nSPS) is 11.2. The summed E-state index contributed by atoms with van der Waals surface area (Å²) in [5.74, 6) is 0.323. The molecular weight excluding hydrogens is 415 g/mol. The van der Waals surface area contributed by atoms with Crippen molar-refractivity contribution in [3.63, 3.8) is 0 Å². The monoisotopic (exact) mass is 440 g/mol. The van der Waals surface area contributed by atoms with Gasteiger partial charge >= 0.3 is 0 Å². The molecule has 0 unspecified atom stereocenters. The number of benzene rings is 3. The third kappa shape index (κ3) is 4.77. The zero-order valence-corrected chi connectivity index (χ0v) is 18.9. The lowest BCUT2D eigenvalue weighted by molar-refractivity contribution is 0.416. The van der Waals surface area contributed by atoms with E-state index in [-0.39, 0.29) is 11.4 Å². The Balaban J connectivity index is 1.92. The fraction of sp³-hybridized carbons (Fsp3) is 0.143. The predicted octanol–water partition coefficient (Wildman–Crippen LogP) is 5.89. The molecule has 0 fully saturated rings. The van der Waals surface area contributed by atoms with E-state index in [4.69, 9.17) is 4.74 Å². The number of hydrogen-bond donors (Lipinski definition) is 0. The minimum atomic E-state index is -0.329. The van der Waals surface area contributed by atoms with Crippen molar-refractivity contribution in [3.05, 3.63) is 117 Å². The van der Waals surface area contributed by atoms with Crippen LogP contribution in [0.2, 0.25) is 0 Å². The highest BCUT2D eigenvalue weighted by Crippen LogP contribution is 2.33. The van der Waals surface area contributed by atoms with Gasteiger partial charge in [0.1, 0.15) is 11.6 Å². The second kappa shape index (κ2) is 9.65. The van der Waals surface area contributed by atoms with Crippen LogP contribution >= 0.6 is 0 Å². The van der Waals surface area contributed by atoms with E-state index in [1.165, 1.54) is 16.8 Å². The van der Waals surface area contributed by atoms with Crippen LogP contribution in [0.1, 0.15) is 27.9 Å². The molecule has 166 valence electrons. The van der Waals surface area contributed by atoms with Crippen molar-refractivity contribution in [3.8, 4) is 16.9 Å². The molecular formula is C28H25FN2O2. The van der Waals surface area contributed by atoms with Crippen LogP contribution < -0.4 is 10.3 Å². The van der Waals surface area contributed by atoms with Crippen molar-refractivity contribution in [2.45, 2.75) is 20.4 Å². The van der Waals surface area contributed by atoms with Crippen LogP contribution in [0.3, 0.4) is 0 Å². The van der Waals surface area contributed by atoms with Gasteiger partial charge in [0.2, 0.25) is 0 Å². The molecule has 0 aliphatic rings. The van der Waals surface area contributed by atoms with Crippen LogP contribution in [-0.4, -0.2) is 16.9 Å². The van der Waals surface area contributed by atoms with Gasteiger partial charge < -0.3 is 4.74 Å². The molecule has 3 aromatic carbocycles. The van der Waals surface area contributed by atoms with Crippen molar-refractivity contribution < 1.29 is 9.13 Å². The quantitative estimate of drug-likeness (QED) is 0.375. The van der Waals surface area contributed by atoms with E-state index in [1.54, 1.807) is 31.4 Å². The maximum Gasteiger partial charge on any atom is 0.274 e. The van der Waals surface area contributed by atoms with Gasteiger partial charge in [0, 0.05) is 11.1 Å². The van der Waals surface area contributed by atoms with E-state index in [0.29, 0.717) is 34.7 Å². The summed E-state index contributed by atoms with van der Waals surface area (Å²) >= 11 is 0. The number of aryl methyl sites for hydroxylation is 2. The fourth-order valence-electron chi connectivity index (χ4n) is 3.91. The Kier molecular flexibility index (Phi) is 6.50. The fourth-order valence-corrected chi connectivity index (χ4v) is 3.91. The molecule has 0 spiro atoms. The summed E-state index contributed by atoms with van der Waals surface area (Å²) in [6, 6.07) is 21.7. The number of ether oxygens (including phenoxy) is 1. The number of halogens is 1. The Morgan fingerprint density at radius 1 is 0.970 bits per heavy atom.